The van der Waals surface area contributed by atoms with Crippen LogP contribution in [-0.4, -0.2) is 11.3 Å². The minimum Gasteiger partial charge on any atom is -0.201 e. The highest BCUT2D eigenvalue weighted by Crippen LogP contribution is 2.12. The van der Waals surface area contributed by atoms with E-state index in [0.717, 1.165) is 12.2 Å². The minimum atomic E-state index is 0.838. The Morgan fingerprint density at radius 2 is 1.33 bits per heavy atom. The third kappa shape index (κ3) is 2.53. The van der Waals surface area contributed by atoms with Crippen LogP contribution in [0.25, 0.3) is 0 Å². The minimum absolute atomic E-state index is 0.838. The first-order chi connectivity index (χ1) is 7.36. The van der Waals surface area contributed by atoms with E-state index in [0.29, 0.717) is 0 Å². The predicted octanol–water partition coefficient (Wildman–Crippen LogP) is 3.23. The van der Waals surface area contributed by atoms with Gasteiger partial charge >= 0.3 is 0 Å². The molecule has 0 fully saturated rings. The van der Waals surface area contributed by atoms with Gasteiger partial charge in [-0.05, 0) is 0 Å². The van der Waals surface area contributed by atoms with Crippen molar-refractivity contribution in [1.29, 1.82) is 0 Å². The summed E-state index contributed by atoms with van der Waals surface area (Å²) in [5, 5.41) is 0. The Hall–Kier alpha value is -1.89. The van der Waals surface area contributed by atoms with Crippen LogP contribution in [-0.2, 0) is 6.54 Å². The second kappa shape index (κ2) is 4.56. The van der Waals surface area contributed by atoms with Gasteiger partial charge in [0.1, 0.15) is 6.72 Å². The molecule has 0 aliphatic rings. The lowest BCUT2D eigenvalue weighted by Crippen LogP contribution is -2.01. The lowest BCUT2D eigenvalue weighted by atomic mass is 10.2. The fourth-order valence-electron chi connectivity index (χ4n) is 1.53. The maximum absolute atomic E-state index is 4.04. The quantitative estimate of drug-likeness (QED) is 0.523. The zero-order valence-corrected chi connectivity index (χ0v) is 8.63. The van der Waals surface area contributed by atoms with E-state index in [-0.39, 0.29) is 0 Å². The average molecular weight is 196 g/mol. The van der Waals surface area contributed by atoms with Crippen LogP contribution in [0.3, 0.4) is 0 Å². The topological polar surface area (TPSA) is 3.01 Å². The van der Waals surface area contributed by atoms with Gasteiger partial charge in [0.15, 0.2) is 6.54 Å². The summed E-state index contributed by atoms with van der Waals surface area (Å²) in [5.41, 5.74) is 2.41. The van der Waals surface area contributed by atoms with Gasteiger partial charge in [0, 0.05) is 17.7 Å². The molecular weight excluding hydrogens is 182 g/mol. The van der Waals surface area contributed by atoms with Crippen LogP contribution in [0.2, 0.25) is 0 Å². The summed E-state index contributed by atoms with van der Waals surface area (Å²) in [6, 6.07) is 20.5. The molecule has 2 rings (SSSR count). The van der Waals surface area contributed by atoms with Crippen molar-refractivity contribution in [2.24, 2.45) is 0 Å². The fraction of sp³-hybridized carbons (Fsp3) is 0.0714. The van der Waals surface area contributed by atoms with Gasteiger partial charge in [-0.1, -0.05) is 48.5 Å². The third-order valence-electron chi connectivity index (χ3n) is 2.34. The van der Waals surface area contributed by atoms with E-state index in [4.69, 9.17) is 0 Å². The lowest BCUT2D eigenvalue weighted by molar-refractivity contribution is -0.448. The largest absolute Gasteiger partial charge is 0.204 e. The number of rotatable bonds is 3. The van der Waals surface area contributed by atoms with Crippen molar-refractivity contribution in [3.63, 3.8) is 0 Å². The monoisotopic (exact) mass is 196 g/mol. The summed E-state index contributed by atoms with van der Waals surface area (Å²) in [5.74, 6) is 0. The Kier molecular flexibility index (Phi) is 2.93. The van der Waals surface area contributed by atoms with Crippen LogP contribution in [0.1, 0.15) is 5.56 Å². The molecule has 0 amide bonds. The first-order valence-electron chi connectivity index (χ1n) is 5.03. The molecule has 0 unspecified atom stereocenters. The van der Waals surface area contributed by atoms with Gasteiger partial charge in [-0.2, -0.15) is 0 Å². The smallest absolute Gasteiger partial charge is 0.201 e. The molecule has 0 spiro atoms. The van der Waals surface area contributed by atoms with Gasteiger partial charge in [-0.3, -0.25) is 0 Å². The zero-order valence-electron chi connectivity index (χ0n) is 8.63. The van der Waals surface area contributed by atoms with Crippen molar-refractivity contribution in [1.82, 2.24) is 0 Å². The summed E-state index contributed by atoms with van der Waals surface area (Å²) >= 11 is 0. The van der Waals surface area contributed by atoms with Gasteiger partial charge in [-0.15, -0.1) is 0 Å². The number of benzene rings is 2. The Bertz CT molecular complexity index is 431. The molecule has 0 aliphatic carbocycles. The molecule has 0 bridgehead atoms. The molecule has 0 N–H and O–H groups in total. The Morgan fingerprint density at radius 1 is 0.800 bits per heavy atom. The van der Waals surface area contributed by atoms with E-state index in [1.807, 2.05) is 41.0 Å². The van der Waals surface area contributed by atoms with E-state index < -0.39 is 0 Å². The van der Waals surface area contributed by atoms with Crippen molar-refractivity contribution in [3.05, 3.63) is 66.2 Å². The second-order valence-corrected chi connectivity index (χ2v) is 3.52. The molecule has 0 aromatic heterocycles. The molecular formula is C14H14N+. The van der Waals surface area contributed by atoms with Crippen LogP contribution in [0.4, 0.5) is 5.69 Å². The molecule has 0 heterocycles. The van der Waals surface area contributed by atoms with Crippen LogP contribution in [0, 0.1) is 0 Å². The second-order valence-electron chi connectivity index (χ2n) is 3.52. The van der Waals surface area contributed by atoms with Gasteiger partial charge < -0.3 is 0 Å². The van der Waals surface area contributed by atoms with Crippen molar-refractivity contribution >= 4 is 12.4 Å². The van der Waals surface area contributed by atoms with Crippen LogP contribution < -0.4 is 0 Å². The van der Waals surface area contributed by atoms with Crippen molar-refractivity contribution in [2.45, 2.75) is 6.54 Å². The van der Waals surface area contributed by atoms with Crippen molar-refractivity contribution < 1.29 is 4.58 Å². The van der Waals surface area contributed by atoms with E-state index >= 15 is 0 Å². The first-order valence-corrected chi connectivity index (χ1v) is 5.03. The van der Waals surface area contributed by atoms with Gasteiger partial charge in [0.05, 0.1) is 0 Å². The van der Waals surface area contributed by atoms with Crippen LogP contribution in [0.5, 0.6) is 0 Å². The van der Waals surface area contributed by atoms with E-state index in [1.54, 1.807) is 0 Å². The summed E-state index contributed by atoms with van der Waals surface area (Å²) in [6.07, 6.45) is 0. The maximum Gasteiger partial charge on any atom is 0.204 e. The number of hydrogen-bond donors (Lipinski definition) is 0. The molecule has 2 aromatic carbocycles. The molecule has 74 valence electrons. The van der Waals surface area contributed by atoms with Crippen LogP contribution >= 0.6 is 0 Å². The van der Waals surface area contributed by atoms with Gasteiger partial charge in [0.25, 0.3) is 0 Å². The summed E-state index contributed by atoms with van der Waals surface area (Å²) in [4.78, 5) is 0. The van der Waals surface area contributed by atoms with Crippen molar-refractivity contribution in [3.8, 4) is 0 Å². The highest BCUT2D eigenvalue weighted by molar-refractivity contribution is 5.33. The van der Waals surface area contributed by atoms with E-state index in [1.165, 1.54) is 5.56 Å². The highest BCUT2D eigenvalue weighted by atomic mass is 15.0. The van der Waals surface area contributed by atoms with Crippen molar-refractivity contribution in [2.75, 3.05) is 0 Å². The van der Waals surface area contributed by atoms with Gasteiger partial charge in [0.2, 0.25) is 5.69 Å². The zero-order chi connectivity index (χ0) is 10.5. The van der Waals surface area contributed by atoms with Gasteiger partial charge in [-0.25, -0.2) is 4.58 Å². The molecule has 0 atom stereocenters. The molecule has 1 heteroatoms. The molecule has 0 aliphatic heterocycles. The SMILES string of the molecule is C=[N+](Cc1ccccc1)c1ccccc1. The Morgan fingerprint density at radius 3 is 1.93 bits per heavy atom. The normalized spacial score (nSPS) is 9.87. The maximum atomic E-state index is 4.04. The molecule has 0 radical (unpaired) electrons. The Balaban J connectivity index is 2.12. The number of hydrogen-bond acceptors (Lipinski definition) is 0. The van der Waals surface area contributed by atoms with E-state index in [2.05, 4.69) is 31.0 Å². The molecule has 0 saturated carbocycles. The molecule has 0 saturated heterocycles. The Labute approximate surface area is 90.3 Å². The molecule has 15 heavy (non-hydrogen) atoms. The predicted molar refractivity (Wildman–Crippen MR) is 63.6 cm³/mol. The summed E-state index contributed by atoms with van der Waals surface area (Å²) in [7, 11) is 0. The highest BCUT2D eigenvalue weighted by Gasteiger charge is 2.05. The fourth-order valence-corrected chi connectivity index (χ4v) is 1.53. The first kappa shape index (κ1) is 9.66. The summed E-state index contributed by atoms with van der Waals surface area (Å²) < 4.78 is 2.00. The molecule has 1 nitrogen and oxygen atoms in total. The average Bonchev–Trinajstić information content (AvgIpc) is 2.31. The molecule has 2 aromatic rings. The van der Waals surface area contributed by atoms with Crippen LogP contribution in [0.15, 0.2) is 60.7 Å². The van der Waals surface area contributed by atoms with E-state index in [9.17, 15) is 0 Å². The number of para-hydroxylation sites is 1. The number of nitrogens with zero attached hydrogens (tertiary/aromatic N) is 1. The standard InChI is InChI=1S/C14H14N/c1-15(14-10-6-3-7-11-14)12-13-8-4-2-5-9-13/h2-11H,1,12H2/q+1. The third-order valence-corrected chi connectivity index (χ3v) is 2.34. The lowest BCUT2D eigenvalue weighted by Gasteiger charge is -2.00. The summed E-state index contributed by atoms with van der Waals surface area (Å²) in [6.45, 7) is 4.88.